The van der Waals surface area contributed by atoms with Gasteiger partial charge in [0.05, 0.1) is 24.8 Å². The van der Waals surface area contributed by atoms with Crippen LogP contribution in [0.3, 0.4) is 0 Å². The average Bonchev–Trinajstić information content (AvgIpc) is 3.70. The zero-order valence-electron chi connectivity index (χ0n) is 23.2. The number of halogens is 1. The van der Waals surface area contributed by atoms with Crippen LogP contribution in [0.2, 0.25) is 0 Å². The molecular formula is C31H33FN6O4. The zero-order valence-corrected chi connectivity index (χ0v) is 23.2. The molecule has 2 saturated heterocycles. The summed E-state index contributed by atoms with van der Waals surface area (Å²) >= 11 is 0. The maximum absolute atomic E-state index is 14.2. The summed E-state index contributed by atoms with van der Waals surface area (Å²) in [6.07, 6.45) is 1.73. The molecule has 0 aliphatic carbocycles. The molecule has 218 valence electrons. The first-order valence-corrected chi connectivity index (χ1v) is 14.2. The van der Waals surface area contributed by atoms with Crippen molar-refractivity contribution in [3.8, 4) is 0 Å². The van der Waals surface area contributed by atoms with Crippen LogP contribution in [-0.2, 0) is 25.6 Å². The normalized spacial score (nSPS) is 17.7. The smallest absolute Gasteiger partial charge is 0.249 e. The summed E-state index contributed by atoms with van der Waals surface area (Å²) in [6, 6.07) is 19.6. The molecule has 2 aliphatic rings. The van der Waals surface area contributed by atoms with E-state index in [0.717, 1.165) is 31.6 Å². The molecule has 0 radical (unpaired) electrons. The number of morpholine rings is 1. The minimum atomic E-state index is -1.03. The second kappa shape index (κ2) is 12.7. The fourth-order valence-corrected chi connectivity index (χ4v) is 5.50. The second-order valence-electron chi connectivity index (χ2n) is 10.4. The first-order chi connectivity index (χ1) is 20.6. The van der Waals surface area contributed by atoms with Gasteiger partial charge in [-0.3, -0.25) is 14.5 Å². The monoisotopic (exact) mass is 572 g/mol. The number of amides is 2. The van der Waals surface area contributed by atoms with E-state index in [2.05, 4.69) is 20.5 Å². The van der Waals surface area contributed by atoms with Crippen molar-refractivity contribution in [3.05, 3.63) is 84.2 Å². The number of carbonyl (C=O) groups is 2. The van der Waals surface area contributed by atoms with E-state index in [9.17, 15) is 14.0 Å². The Morgan fingerprint density at radius 2 is 1.76 bits per heavy atom. The van der Waals surface area contributed by atoms with Gasteiger partial charge in [-0.25, -0.2) is 9.07 Å². The summed E-state index contributed by atoms with van der Waals surface area (Å²) in [5.74, 6) is -1.19. The maximum atomic E-state index is 14.2. The van der Waals surface area contributed by atoms with E-state index in [4.69, 9.17) is 9.47 Å². The molecule has 4 aromatic rings. The standard InChI is InChI=1S/C31H33FN6O4/c32-23-9-13-25(14-10-23)38(29(39)21-37-28-6-2-1-5-27(28)34-35-37)30(31(40)33-20-26-4-3-17-42-26)22-7-11-24(12-8-22)36-15-18-41-19-16-36/h1-2,5-14,26,30H,3-4,15-21H2,(H,33,40)/t26-,30+/m1/s1. The molecule has 11 heteroatoms. The van der Waals surface area contributed by atoms with Crippen LogP contribution in [0, 0.1) is 5.82 Å². The molecule has 42 heavy (non-hydrogen) atoms. The van der Waals surface area contributed by atoms with E-state index in [1.54, 1.807) is 0 Å². The Labute approximate surface area is 243 Å². The third-order valence-corrected chi connectivity index (χ3v) is 7.70. The predicted octanol–water partition coefficient (Wildman–Crippen LogP) is 3.48. The molecule has 2 aliphatic heterocycles. The Bertz CT molecular complexity index is 1510. The van der Waals surface area contributed by atoms with E-state index in [0.29, 0.717) is 48.6 Å². The first kappa shape index (κ1) is 27.8. The van der Waals surface area contributed by atoms with Crippen LogP contribution in [0.1, 0.15) is 24.4 Å². The number of hydrogen-bond acceptors (Lipinski definition) is 7. The molecule has 6 rings (SSSR count). The van der Waals surface area contributed by atoms with Gasteiger partial charge in [0, 0.05) is 37.6 Å². The quantitative estimate of drug-likeness (QED) is 0.328. The first-order valence-electron chi connectivity index (χ1n) is 14.2. The van der Waals surface area contributed by atoms with E-state index >= 15 is 0 Å². The van der Waals surface area contributed by atoms with Gasteiger partial charge in [-0.05, 0) is 66.9 Å². The summed E-state index contributed by atoms with van der Waals surface area (Å²) in [5.41, 5.74) is 3.37. The maximum Gasteiger partial charge on any atom is 0.249 e. The van der Waals surface area contributed by atoms with Gasteiger partial charge in [0.2, 0.25) is 11.8 Å². The number of aromatic nitrogens is 3. The number of fused-ring (bicyclic) bond motifs is 1. The third-order valence-electron chi connectivity index (χ3n) is 7.70. The topological polar surface area (TPSA) is 102 Å². The lowest BCUT2D eigenvalue weighted by atomic mass is 10.0. The number of benzene rings is 3. The van der Waals surface area contributed by atoms with Crippen LogP contribution in [-0.4, -0.2) is 72.4 Å². The van der Waals surface area contributed by atoms with Crippen molar-refractivity contribution in [1.29, 1.82) is 0 Å². The van der Waals surface area contributed by atoms with E-state index in [1.165, 1.54) is 33.8 Å². The van der Waals surface area contributed by atoms with E-state index in [-0.39, 0.29) is 18.6 Å². The van der Waals surface area contributed by atoms with Crippen LogP contribution in [0.4, 0.5) is 15.8 Å². The summed E-state index contributed by atoms with van der Waals surface area (Å²) in [6.45, 7) is 3.69. The van der Waals surface area contributed by atoms with E-state index < -0.39 is 17.8 Å². The van der Waals surface area contributed by atoms with Gasteiger partial charge in [0.25, 0.3) is 0 Å². The Morgan fingerprint density at radius 3 is 2.50 bits per heavy atom. The Morgan fingerprint density at radius 1 is 1.00 bits per heavy atom. The SMILES string of the molecule is O=C(NC[C@H]1CCCO1)[C@H](c1ccc(N2CCOCC2)cc1)N(C(=O)Cn1nnc2ccccc21)c1ccc(F)cc1. The molecule has 0 saturated carbocycles. The lowest BCUT2D eigenvalue weighted by Crippen LogP contribution is -2.46. The molecule has 2 fully saturated rings. The number of anilines is 2. The van der Waals surface area contributed by atoms with Crippen LogP contribution in [0.25, 0.3) is 11.0 Å². The summed E-state index contributed by atoms with van der Waals surface area (Å²) < 4.78 is 26.7. The molecule has 0 unspecified atom stereocenters. The summed E-state index contributed by atoms with van der Waals surface area (Å²) in [4.78, 5) is 31.8. The Balaban J connectivity index is 1.36. The molecule has 0 spiro atoms. The number of para-hydroxylation sites is 1. The van der Waals surface area contributed by atoms with E-state index in [1.807, 2.05) is 48.5 Å². The highest BCUT2D eigenvalue weighted by atomic mass is 19.1. The number of nitrogens with one attached hydrogen (secondary N) is 1. The third kappa shape index (κ3) is 6.12. The van der Waals surface area contributed by atoms with Gasteiger partial charge in [0.15, 0.2) is 0 Å². The molecule has 0 bridgehead atoms. The Hall–Kier alpha value is -4.35. The van der Waals surface area contributed by atoms with Gasteiger partial charge < -0.3 is 19.7 Å². The van der Waals surface area contributed by atoms with Crippen molar-refractivity contribution < 1.29 is 23.5 Å². The highest BCUT2D eigenvalue weighted by Crippen LogP contribution is 2.31. The predicted molar refractivity (Wildman–Crippen MR) is 156 cm³/mol. The minimum absolute atomic E-state index is 0.0743. The molecule has 1 aromatic heterocycles. The van der Waals surface area contributed by atoms with Crippen molar-refractivity contribution in [2.45, 2.75) is 31.5 Å². The lowest BCUT2D eigenvalue weighted by Gasteiger charge is -2.33. The molecule has 2 amide bonds. The molecular weight excluding hydrogens is 539 g/mol. The van der Waals surface area contributed by atoms with Gasteiger partial charge in [0.1, 0.15) is 23.9 Å². The fourth-order valence-electron chi connectivity index (χ4n) is 5.50. The molecule has 10 nitrogen and oxygen atoms in total. The van der Waals surface area contributed by atoms with Crippen molar-refractivity contribution in [3.63, 3.8) is 0 Å². The molecule has 3 heterocycles. The van der Waals surface area contributed by atoms with Gasteiger partial charge in [-0.2, -0.15) is 0 Å². The number of carbonyl (C=O) groups excluding carboxylic acids is 2. The molecule has 2 atom stereocenters. The minimum Gasteiger partial charge on any atom is -0.378 e. The number of nitrogens with zero attached hydrogens (tertiary/aromatic N) is 5. The average molecular weight is 573 g/mol. The largest absolute Gasteiger partial charge is 0.378 e. The number of rotatable bonds is 9. The molecule has 3 aromatic carbocycles. The van der Waals surface area contributed by atoms with Crippen molar-refractivity contribution in [1.82, 2.24) is 20.3 Å². The lowest BCUT2D eigenvalue weighted by molar-refractivity contribution is -0.127. The van der Waals surface area contributed by atoms with Crippen LogP contribution < -0.4 is 15.1 Å². The van der Waals surface area contributed by atoms with Crippen molar-refractivity contribution in [2.24, 2.45) is 0 Å². The van der Waals surface area contributed by atoms with Gasteiger partial charge >= 0.3 is 0 Å². The number of ether oxygens (including phenoxy) is 2. The number of hydrogen-bond donors (Lipinski definition) is 1. The zero-order chi connectivity index (χ0) is 28.9. The van der Waals surface area contributed by atoms with Crippen molar-refractivity contribution >= 4 is 34.2 Å². The Kier molecular flexibility index (Phi) is 8.38. The second-order valence-corrected chi connectivity index (χ2v) is 10.4. The van der Waals surface area contributed by atoms with Crippen LogP contribution in [0.5, 0.6) is 0 Å². The van der Waals surface area contributed by atoms with Crippen molar-refractivity contribution in [2.75, 3.05) is 49.3 Å². The van der Waals surface area contributed by atoms with Gasteiger partial charge in [-0.15, -0.1) is 5.10 Å². The van der Waals surface area contributed by atoms with Gasteiger partial charge in [-0.1, -0.05) is 29.5 Å². The summed E-state index contributed by atoms with van der Waals surface area (Å²) in [5, 5.41) is 11.4. The highest BCUT2D eigenvalue weighted by molar-refractivity contribution is 6.01. The summed E-state index contributed by atoms with van der Waals surface area (Å²) in [7, 11) is 0. The fraction of sp³-hybridized carbons (Fsp3) is 0.355. The van der Waals surface area contributed by atoms with Crippen LogP contribution in [0.15, 0.2) is 72.8 Å². The molecule has 1 N–H and O–H groups in total. The highest BCUT2D eigenvalue weighted by Gasteiger charge is 2.34. The van der Waals surface area contributed by atoms with Crippen LogP contribution >= 0.6 is 0 Å².